The lowest BCUT2D eigenvalue weighted by molar-refractivity contribution is -0.259. The fourth-order valence-corrected chi connectivity index (χ4v) is 1.97. The van der Waals surface area contributed by atoms with Gasteiger partial charge in [0.2, 0.25) is 0 Å². The molecule has 2 rings (SSSR count). The summed E-state index contributed by atoms with van der Waals surface area (Å²) in [5.41, 5.74) is 0.319. The summed E-state index contributed by atoms with van der Waals surface area (Å²) >= 11 is 0. The monoisotopic (exact) mass is 296 g/mol. The van der Waals surface area contributed by atoms with Crippen molar-refractivity contribution in [3.05, 3.63) is 35.9 Å². The summed E-state index contributed by atoms with van der Waals surface area (Å²) in [5.74, 6) is -1.32. The molecule has 1 saturated heterocycles. The molecule has 1 aliphatic heterocycles. The molecule has 0 aliphatic carbocycles. The van der Waals surface area contributed by atoms with E-state index in [0.29, 0.717) is 5.56 Å². The number of aliphatic hydroxyl groups excluding tert-OH is 2. The number of rotatable bonds is 3. The molecule has 114 valence electrons. The van der Waals surface area contributed by atoms with Gasteiger partial charge in [0.15, 0.2) is 18.5 Å². The van der Waals surface area contributed by atoms with E-state index in [4.69, 9.17) is 14.2 Å². The summed E-state index contributed by atoms with van der Waals surface area (Å²) in [4.78, 5) is 22.9. The zero-order chi connectivity index (χ0) is 15.4. The molecule has 0 amide bonds. The van der Waals surface area contributed by atoms with E-state index in [-0.39, 0.29) is 6.61 Å². The molecule has 1 heterocycles. The smallest absolute Gasteiger partial charge is 0.338 e. The second kappa shape index (κ2) is 6.66. The van der Waals surface area contributed by atoms with Gasteiger partial charge in [-0.05, 0) is 12.1 Å². The van der Waals surface area contributed by atoms with Gasteiger partial charge in [-0.3, -0.25) is 4.79 Å². The first-order chi connectivity index (χ1) is 9.99. The molecule has 1 aromatic carbocycles. The zero-order valence-corrected chi connectivity index (χ0v) is 11.3. The van der Waals surface area contributed by atoms with E-state index in [9.17, 15) is 19.8 Å². The van der Waals surface area contributed by atoms with Gasteiger partial charge in [-0.25, -0.2) is 4.79 Å². The van der Waals surface area contributed by atoms with E-state index in [1.165, 1.54) is 0 Å². The van der Waals surface area contributed by atoms with Gasteiger partial charge in [-0.1, -0.05) is 18.2 Å². The van der Waals surface area contributed by atoms with Crippen LogP contribution in [0.3, 0.4) is 0 Å². The fourth-order valence-electron chi connectivity index (χ4n) is 1.97. The molecule has 0 bridgehead atoms. The largest absolute Gasteiger partial charge is 0.454 e. The van der Waals surface area contributed by atoms with Crippen molar-refractivity contribution in [3.8, 4) is 0 Å². The Morgan fingerprint density at radius 1 is 1.19 bits per heavy atom. The van der Waals surface area contributed by atoms with Crippen LogP contribution in [-0.2, 0) is 19.0 Å². The second-order valence-electron chi connectivity index (χ2n) is 4.60. The molecular formula is C14H16O7. The van der Waals surface area contributed by atoms with Gasteiger partial charge >= 0.3 is 11.9 Å². The summed E-state index contributed by atoms with van der Waals surface area (Å²) in [6.45, 7) is 0.942. The standard InChI is InChI=1S/C14H16O7/c1-8(15)20-12-11(16)10(7-19-14(12)18)21-13(17)9-5-3-2-4-6-9/h2-6,10-12,14,16,18H,7H2,1H3/t10-,11-,12+,14-/m0/s1. The molecular weight excluding hydrogens is 280 g/mol. The predicted octanol–water partition coefficient (Wildman–Crippen LogP) is -0.147. The van der Waals surface area contributed by atoms with Gasteiger partial charge < -0.3 is 24.4 Å². The predicted molar refractivity (Wildman–Crippen MR) is 69.2 cm³/mol. The normalized spacial score (nSPS) is 28.7. The van der Waals surface area contributed by atoms with Crippen molar-refractivity contribution in [1.29, 1.82) is 0 Å². The first-order valence-electron chi connectivity index (χ1n) is 6.40. The topological polar surface area (TPSA) is 102 Å². The second-order valence-corrected chi connectivity index (χ2v) is 4.60. The maximum atomic E-state index is 11.9. The third kappa shape index (κ3) is 3.78. The lowest BCUT2D eigenvalue weighted by Gasteiger charge is -2.36. The first-order valence-corrected chi connectivity index (χ1v) is 6.40. The molecule has 21 heavy (non-hydrogen) atoms. The van der Waals surface area contributed by atoms with E-state index >= 15 is 0 Å². The average Bonchev–Trinajstić information content (AvgIpc) is 2.47. The van der Waals surface area contributed by atoms with Crippen LogP contribution in [0.5, 0.6) is 0 Å². The minimum absolute atomic E-state index is 0.196. The summed E-state index contributed by atoms with van der Waals surface area (Å²) < 4.78 is 14.9. The molecule has 1 aliphatic rings. The summed E-state index contributed by atoms with van der Waals surface area (Å²) in [7, 11) is 0. The third-order valence-electron chi connectivity index (χ3n) is 3.00. The van der Waals surface area contributed by atoms with Crippen molar-refractivity contribution < 1.29 is 34.0 Å². The molecule has 1 fully saturated rings. The molecule has 0 saturated carbocycles. The highest BCUT2D eigenvalue weighted by Crippen LogP contribution is 2.20. The van der Waals surface area contributed by atoms with Gasteiger partial charge in [0.1, 0.15) is 6.10 Å². The van der Waals surface area contributed by atoms with Crippen LogP contribution in [0.2, 0.25) is 0 Å². The number of carbonyl (C=O) groups excluding carboxylic acids is 2. The molecule has 1 aromatic rings. The van der Waals surface area contributed by atoms with Crippen molar-refractivity contribution in [2.75, 3.05) is 6.61 Å². The van der Waals surface area contributed by atoms with Crippen LogP contribution in [0, 0.1) is 0 Å². The van der Waals surface area contributed by atoms with Crippen LogP contribution in [0.1, 0.15) is 17.3 Å². The quantitative estimate of drug-likeness (QED) is 0.748. The van der Waals surface area contributed by atoms with E-state index < -0.39 is 36.5 Å². The van der Waals surface area contributed by atoms with Crippen molar-refractivity contribution in [1.82, 2.24) is 0 Å². The lowest BCUT2D eigenvalue weighted by Crippen LogP contribution is -2.55. The van der Waals surface area contributed by atoms with Crippen molar-refractivity contribution in [3.63, 3.8) is 0 Å². The Balaban J connectivity index is 2.03. The number of hydrogen-bond donors (Lipinski definition) is 2. The highest BCUT2D eigenvalue weighted by molar-refractivity contribution is 5.89. The minimum atomic E-state index is -1.46. The van der Waals surface area contributed by atoms with Gasteiger partial charge in [0, 0.05) is 6.92 Å². The molecule has 0 aromatic heterocycles. The van der Waals surface area contributed by atoms with E-state index in [1.54, 1.807) is 30.3 Å². The Kier molecular flexibility index (Phi) is 4.89. The third-order valence-corrected chi connectivity index (χ3v) is 3.00. The number of benzene rings is 1. The highest BCUT2D eigenvalue weighted by Gasteiger charge is 2.43. The Hall–Kier alpha value is -1.96. The molecule has 0 spiro atoms. The fraction of sp³-hybridized carbons (Fsp3) is 0.429. The molecule has 4 atom stereocenters. The molecule has 7 heteroatoms. The van der Waals surface area contributed by atoms with Gasteiger partial charge in [-0.2, -0.15) is 0 Å². The Morgan fingerprint density at radius 3 is 2.48 bits per heavy atom. The highest BCUT2D eigenvalue weighted by atomic mass is 16.7. The maximum Gasteiger partial charge on any atom is 0.338 e. The number of hydrogen-bond acceptors (Lipinski definition) is 7. The average molecular weight is 296 g/mol. The zero-order valence-electron chi connectivity index (χ0n) is 11.3. The first kappa shape index (κ1) is 15.4. The summed E-state index contributed by atoms with van der Waals surface area (Å²) in [6, 6.07) is 8.24. The van der Waals surface area contributed by atoms with Crippen LogP contribution >= 0.6 is 0 Å². The van der Waals surface area contributed by atoms with Crippen molar-refractivity contribution in [2.45, 2.75) is 31.5 Å². The SMILES string of the molecule is CC(=O)O[C@@H]1[C@@H](O)[C@@H](OC(=O)c2ccccc2)CO[C@@H]1O. The van der Waals surface area contributed by atoms with Crippen LogP contribution in [-0.4, -0.2) is 53.4 Å². The van der Waals surface area contributed by atoms with Gasteiger partial charge in [0.05, 0.1) is 12.2 Å². The molecule has 0 radical (unpaired) electrons. The van der Waals surface area contributed by atoms with Crippen LogP contribution in [0.25, 0.3) is 0 Å². The van der Waals surface area contributed by atoms with Gasteiger partial charge in [-0.15, -0.1) is 0 Å². The number of carbonyl (C=O) groups is 2. The summed E-state index contributed by atoms with van der Waals surface area (Å²) in [5, 5.41) is 19.6. The minimum Gasteiger partial charge on any atom is -0.454 e. The Labute approximate surface area is 121 Å². The van der Waals surface area contributed by atoms with Gasteiger partial charge in [0.25, 0.3) is 0 Å². The molecule has 0 unspecified atom stereocenters. The van der Waals surface area contributed by atoms with Crippen LogP contribution in [0.15, 0.2) is 30.3 Å². The molecule has 2 N–H and O–H groups in total. The lowest BCUT2D eigenvalue weighted by atomic mass is 10.0. The maximum absolute atomic E-state index is 11.9. The van der Waals surface area contributed by atoms with Crippen LogP contribution < -0.4 is 0 Å². The Bertz CT molecular complexity index is 501. The van der Waals surface area contributed by atoms with E-state index in [2.05, 4.69) is 0 Å². The summed E-state index contributed by atoms with van der Waals surface area (Å²) in [6.07, 6.45) is -5.17. The number of aliphatic hydroxyl groups is 2. The van der Waals surface area contributed by atoms with Crippen molar-refractivity contribution >= 4 is 11.9 Å². The van der Waals surface area contributed by atoms with E-state index in [0.717, 1.165) is 6.92 Å². The molecule has 7 nitrogen and oxygen atoms in total. The number of ether oxygens (including phenoxy) is 3. The van der Waals surface area contributed by atoms with E-state index in [1.807, 2.05) is 0 Å². The van der Waals surface area contributed by atoms with Crippen molar-refractivity contribution in [2.24, 2.45) is 0 Å². The Morgan fingerprint density at radius 2 is 1.86 bits per heavy atom. The number of esters is 2. The van der Waals surface area contributed by atoms with Crippen LogP contribution in [0.4, 0.5) is 0 Å².